The lowest BCUT2D eigenvalue weighted by Gasteiger charge is -2.06. The van der Waals surface area contributed by atoms with Gasteiger partial charge in [-0.3, -0.25) is 14.6 Å². The first-order valence-electron chi connectivity index (χ1n) is 8.46. The lowest BCUT2D eigenvalue weighted by Crippen LogP contribution is -2.28. The number of pyridine rings is 1. The van der Waals surface area contributed by atoms with Crippen LogP contribution >= 0.6 is 0 Å². The molecular weight excluding hydrogens is 360 g/mol. The summed E-state index contributed by atoms with van der Waals surface area (Å²) in [5.41, 5.74) is 3.62. The normalized spacial score (nSPS) is 10.6. The molecular formula is C20H18N4O4. The third-order valence-corrected chi connectivity index (χ3v) is 3.59. The van der Waals surface area contributed by atoms with E-state index in [9.17, 15) is 9.59 Å². The SMILES string of the molecule is O=C(COc1ccc(/C=N\NC(=O)c2cccnc2)cc1)NCc1ccco1. The standard InChI is InChI=1S/C20H18N4O4/c25-19(22-13-18-4-2-10-27-18)14-28-17-7-5-15(6-8-17)11-23-24-20(26)16-3-1-9-21-12-16/h1-12H,13-14H2,(H,22,25)(H,24,26)/b23-11-. The Bertz CT molecular complexity index is 923. The number of hydrogen-bond acceptors (Lipinski definition) is 6. The van der Waals surface area contributed by atoms with Crippen molar-refractivity contribution in [3.63, 3.8) is 0 Å². The summed E-state index contributed by atoms with van der Waals surface area (Å²) in [5, 5.41) is 6.60. The summed E-state index contributed by atoms with van der Waals surface area (Å²) in [6, 6.07) is 13.8. The fraction of sp³-hybridized carbons (Fsp3) is 0.100. The fourth-order valence-corrected chi connectivity index (χ4v) is 2.18. The van der Waals surface area contributed by atoms with Gasteiger partial charge in [-0.15, -0.1) is 0 Å². The predicted molar refractivity (Wildman–Crippen MR) is 102 cm³/mol. The molecule has 2 N–H and O–H groups in total. The van der Waals surface area contributed by atoms with Crippen molar-refractivity contribution in [1.29, 1.82) is 0 Å². The molecule has 28 heavy (non-hydrogen) atoms. The van der Waals surface area contributed by atoms with Gasteiger partial charge in [0.15, 0.2) is 6.61 Å². The Hall–Kier alpha value is -3.94. The number of aromatic nitrogens is 1. The second-order valence-electron chi connectivity index (χ2n) is 5.65. The summed E-state index contributed by atoms with van der Waals surface area (Å²) in [6.45, 7) is 0.213. The molecule has 0 bridgehead atoms. The summed E-state index contributed by atoms with van der Waals surface area (Å²) in [7, 11) is 0. The largest absolute Gasteiger partial charge is 0.484 e. The molecule has 0 saturated heterocycles. The highest BCUT2D eigenvalue weighted by molar-refractivity contribution is 5.94. The molecule has 3 aromatic rings. The Labute approximate surface area is 161 Å². The van der Waals surface area contributed by atoms with Gasteiger partial charge in [0.25, 0.3) is 11.8 Å². The van der Waals surface area contributed by atoms with Crippen molar-refractivity contribution in [2.45, 2.75) is 6.54 Å². The van der Waals surface area contributed by atoms with E-state index in [1.54, 1.807) is 61.0 Å². The molecule has 8 heteroatoms. The highest BCUT2D eigenvalue weighted by Crippen LogP contribution is 2.11. The average molecular weight is 378 g/mol. The Morgan fingerprint density at radius 1 is 1.14 bits per heavy atom. The van der Waals surface area contributed by atoms with Crippen molar-refractivity contribution in [3.8, 4) is 5.75 Å². The number of carbonyl (C=O) groups excluding carboxylic acids is 2. The number of hydrazone groups is 1. The zero-order valence-corrected chi connectivity index (χ0v) is 14.9. The number of ether oxygens (including phenoxy) is 1. The zero-order valence-electron chi connectivity index (χ0n) is 14.9. The first-order valence-corrected chi connectivity index (χ1v) is 8.46. The van der Waals surface area contributed by atoms with Gasteiger partial charge in [-0.1, -0.05) is 0 Å². The molecule has 2 amide bonds. The van der Waals surface area contributed by atoms with E-state index in [0.29, 0.717) is 23.6 Å². The van der Waals surface area contributed by atoms with Crippen LogP contribution in [0.4, 0.5) is 0 Å². The number of rotatable bonds is 8. The summed E-state index contributed by atoms with van der Waals surface area (Å²) in [4.78, 5) is 27.5. The number of amides is 2. The number of benzene rings is 1. The molecule has 0 saturated carbocycles. The van der Waals surface area contributed by atoms with E-state index in [1.165, 1.54) is 12.4 Å². The van der Waals surface area contributed by atoms with Crippen molar-refractivity contribution in [1.82, 2.24) is 15.7 Å². The second kappa shape index (κ2) is 9.67. The fourth-order valence-electron chi connectivity index (χ4n) is 2.18. The third kappa shape index (κ3) is 5.80. The van der Waals surface area contributed by atoms with E-state index < -0.39 is 0 Å². The van der Waals surface area contributed by atoms with Gasteiger partial charge in [0.2, 0.25) is 0 Å². The molecule has 142 valence electrons. The van der Waals surface area contributed by atoms with Gasteiger partial charge in [0.1, 0.15) is 11.5 Å². The van der Waals surface area contributed by atoms with Crippen LogP contribution in [0.25, 0.3) is 0 Å². The van der Waals surface area contributed by atoms with Crippen LogP contribution in [0.5, 0.6) is 5.75 Å². The highest BCUT2D eigenvalue weighted by atomic mass is 16.5. The topological polar surface area (TPSA) is 106 Å². The molecule has 0 fully saturated rings. The molecule has 0 aliphatic rings. The zero-order chi connectivity index (χ0) is 19.6. The molecule has 2 heterocycles. The average Bonchev–Trinajstić information content (AvgIpc) is 3.26. The van der Waals surface area contributed by atoms with Crippen molar-refractivity contribution < 1.29 is 18.7 Å². The maximum absolute atomic E-state index is 11.8. The van der Waals surface area contributed by atoms with Crippen molar-refractivity contribution in [2.24, 2.45) is 5.10 Å². The summed E-state index contributed by atoms with van der Waals surface area (Å²) >= 11 is 0. The number of furan rings is 1. The van der Waals surface area contributed by atoms with Gasteiger partial charge in [-0.2, -0.15) is 5.10 Å². The third-order valence-electron chi connectivity index (χ3n) is 3.59. The van der Waals surface area contributed by atoms with Gasteiger partial charge >= 0.3 is 0 Å². The van der Waals surface area contributed by atoms with Crippen LogP contribution in [-0.2, 0) is 11.3 Å². The Morgan fingerprint density at radius 2 is 2.00 bits per heavy atom. The van der Waals surface area contributed by atoms with Crippen LogP contribution in [0.1, 0.15) is 21.7 Å². The van der Waals surface area contributed by atoms with Crippen LogP contribution in [0.3, 0.4) is 0 Å². The van der Waals surface area contributed by atoms with Crippen LogP contribution < -0.4 is 15.5 Å². The van der Waals surface area contributed by atoms with E-state index in [1.807, 2.05) is 0 Å². The van der Waals surface area contributed by atoms with E-state index in [4.69, 9.17) is 9.15 Å². The Kier molecular flexibility index (Phi) is 6.51. The van der Waals surface area contributed by atoms with Gasteiger partial charge in [-0.05, 0) is 54.1 Å². The van der Waals surface area contributed by atoms with Gasteiger partial charge in [0.05, 0.1) is 24.6 Å². The van der Waals surface area contributed by atoms with Crippen LogP contribution in [0, 0.1) is 0 Å². The summed E-state index contributed by atoms with van der Waals surface area (Å²) in [6.07, 6.45) is 6.11. The molecule has 0 atom stereocenters. The smallest absolute Gasteiger partial charge is 0.272 e. The molecule has 1 aromatic carbocycles. The molecule has 0 aliphatic heterocycles. The van der Waals surface area contributed by atoms with E-state index in [0.717, 1.165) is 5.56 Å². The predicted octanol–water partition coefficient (Wildman–Crippen LogP) is 2.13. The van der Waals surface area contributed by atoms with E-state index >= 15 is 0 Å². The monoisotopic (exact) mass is 378 g/mol. The number of nitrogens with zero attached hydrogens (tertiary/aromatic N) is 2. The molecule has 0 radical (unpaired) electrons. The summed E-state index contributed by atoms with van der Waals surface area (Å²) < 4.78 is 10.6. The number of carbonyl (C=O) groups is 2. The van der Waals surface area contributed by atoms with E-state index in [2.05, 4.69) is 20.8 Å². The minimum Gasteiger partial charge on any atom is -0.484 e. The summed E-state index contributed by atoms with van der Waals surface area (Å²) in [5.74, 6) is 0.627. The Balaban J connectivity index is 1.41. The molecule has 0 spiro atoms. The molecule has 0 unspecified atom stereocenters. The lowest BCUT2D eigenvalue weighted by molar-refractivity contribution is -0.123. The van der Waals surface area contributed by atoms with Crippen LogP contribution in [-0.4, -0.2) is 29.6 Å². The van der Waals surface area contributed by atoms with E-state index in [-0.39, 0.29) is 18.4 Å². The lowest BCUT2D eigenvalue weighted by atomic mass is 10.2. The number of hydrogen-bond donors (Lipinski definition) is 2. The molecule has 2 aromatic heterocycles. The van der Waals surface area contributed by atoms with Gasteiger partial charge in [0, 0.05) is 12.4 Å². The second-order valence-corrected chi connectivity index (χ2v) is 5.65. The van der Waals surface area contributed by atoms with Crippen LogP contribution in [0.15, 0.2) is 76.7 Å². The highest BCUT2D eigenvalue weighted by Gasteiger charge is 2.04. The maximum Gasteiger partial charge on any atom is 0.272 e. The molecule has 8 nitrogen and oxygen atoms in total. The maximum atomic E-state index is 11.8. The van der Waals surface area contributed by atoms with Crippen molar-refractivity contribution in [3.05, 3.63) is 84.1 Å². The first kappa shape index (κ1) is 18.8. The minimum atomic E-state index is -0.343. The Morgan fingerprint density at radius 3 is 2.71 bits per heavy atom. The van der Waals surface area contributed by atoms with Crippen LogP contribution in [0.2, 0.25) is 0 Å². The molecule has 3 rings (SSSR count). The van der Waals surface area contributed by atoms with Gasteiger partial charge in [-0.25, -0.2) is 5.43 Å². The van der Waals surface area contributed by atoms with Gasteiger partial charge < -0.3 is 14.5 Å². The minimum absolute atomic E-state index is 0.102. The van der Waals surface area contributed by atoms with Crippen molar-refractivity contribution >= 4 is 18.0 Å². The quantitative estimate of drug-likeness (QED) is 0.461. The first-order chi connectivity index (χ1) is 13.7. The van der Waals surface area contributed by atoms with Crippen molar-refractivity contribution in [2.75, 3.05) is 6.61 Å². The number of nitrogens with one attached hydrogen (secondary N) is 2. The molecule has 0 aliphatic carbocycles.